The molecule has 1 N–H and O–H groups in total. The average molecular weight is 451 g/mol. The molecule has 0 radical (unpaired) electrons. The number of carbonyl (C=O) groups excluding carboxylic acids is 2. The lowest BCUT2D eigenvalue weighted by atomic mass is 10.1. The van der Waals surface area contributed by atoms with Crippen LogP contribution in [0.4, 0.5) is 10.8 Å². The molecule has 4 rings (SSSR count). The van der Waals surface area contributed by atoms with Crippen LogP contribution in [0.25, 0.3) is 0 Å². The lowest BCUT2D eigenvalue weighted by molar-refractivity contribution is -0.122. The van der Waals surface area contributed by atoms with Crippen LogP contribution in [0.2, 0.25) is 0 Å². The number of anilines is 2. The molecule has 0 bridgehead atoms. The van der Waals surface area contributed by atoms with Crippen LogP contribution in [-0.2, 0) is 24.3 Å². The maximum atomic E-state index is 12.7. The first kappa shape index (κ1) is 20.9. The number of aryl methyl sites for hydroxylation is 1. The highest BCUT2D eigenvalue weighted by Gasteiger charge is 2.35. The number of morpholine rings is 1. The fourth-order valence-electron chi connectivity index (χ4n) is 3.49. The molecule has 3 heterocycles. The molecule has 2 aliphatic rings. The van der Waals surface area contributed by atoms with E-state index in [1.165, 1.54) is 32.7 Å². The summed E-state index contributed by atoms with van der Waals surface area (Å²) in [6.07, 6.45) is 1.78. The van der Waals surface area contributed by atoms with Gasteiger partial charge in [0.05, 0.1) is 24.0 Å². The average Bonchev–Trinajstić information content (AvgIpc) is 3.34. The predicted octanol–water partition coefficient (Wildman–Crippen LogP) is 1.46. The lowest BCUT2D eigenvalue weighted by Gasteiger charge is -2.26. The number of amides is 2. The van der Waals surface area contributed by atoms with Crippen molar-refractivity contribution in [2.24, 2.45) is 5.92 Å². The second-order valence-corrected chi connectivity index (χ2v) is 10.4. The molecular formula is C19H22N4O5S2. The zero-order chi connectivity index (χ0) is 21.3. The molecule has 2 aliphatic heterocycles. The monoisotopic (exact) mass is 450 g/mol. The topological polar surface area (TPSA) is 109 Å². The third-order valence-corrected chi connectivity index (χ3v) is 7.84. The van der Waals surface area contributed by atoms with Gasteiger partial charge in [0.25, 0.3) is 0 Å². The first-order chi connectivity index (χ1) is 14.3. The Kier molecular flexibility index (Phi) is 5.87. The van der Waals surface area contributed by atoms with Gasteiger partial charge in [-0.1, -0.05) is 0 Å². The Morgan fingerprint density at radius 3 is 2.57 bits per heavy atom. The summed E-state index contributed by atoms with van der Waals surface area (Å²) >= 11 is 1.38. The van der Waals surface area contributed by atoms with Crippen LogP contribution in [0.1, 0.15) is 11.3 Å². The summed E-state index contributed by atoms with van der Waals surface area (Å²) in [5.41, 5.74) is 0.571. The number of nitrogens with one attached hydrogen (secondary N) is 1. The third-order valence-electron chi connectivity index (χ3n) is 5.10. The molecule has 1 atom stereocenters. The maximum absolute atomic E-state index is 12.7. The SMILES string of the molecule is Cc1cnc(NC(=O)[C@H]2CC(=O)N(c3ccc(S(=O)(=O)N4CCOCC4)cc3)C2)s1. The largest absolute Gasteiger partial charge is 0.379 e. The van der Waals surface area contributed by atoms with Crippen molar-refractivity contribution in [2.45, 2.75) is 18.2 Å². The minimum atomic E-state index is -3.59. The zero-order valence-electron chi connectivity index (χ0n) is 16.4. The molecule has 2 fully saturated rings. The van der Waals surface area contributed by atoms with Crippen LogP contribution < -0.4 is 10.2 Å². The van der Waals surface area contributed by atoms with Crippen molar-refractivity contribution < 1.29 is 22.7 Å². The molecule has 0 aliphatic carbocycles. The second kappa shape index (κ2) is 8.42. The van der Waals surface area contributed by atoms with Gasteiger partial charge in [0.15, 0.2) is 5.13 Å². The number of sulfonamides is 1. The van der Waals surface area contributed by atoms with E-state index in [9.17, 15) is 18.0 Å². The first-order valence-electron chi connectivity index (χ1n) is 9.56. The van der Waals surface area contributed by atoms with Gasteiger partial charge in [-0.15, -0.1) is 11.3 Å². The van der Waals surface area contributed by atoms with Gasteiger partial charge in [-0.25, -0.2) is 13.4 Å². The van der Waals surface area contributed by atoms with Crippen molar-refractivity contribution >= 4 is 44.0 Å². The summed E-state index contributed by atoms with van der Waals surface area (Å²) in [5.74, 6) is -0.903. The molecule has 2 saturated heterocycles. The van der Waals surface area contributed by atoms with E-state index in [1.807, 2.05) is 6.92 Å². The molecule has 1 aromatic heterocycles. The summed E-state index contributed by atoms with van der Waals surface area (Å²) < 4.78 is 32.1. The summed E-state index contributed by atoms with van der Waals surface area (Å²) in [5, 5.41) is 3.27. The number of hydrogen-bond acceptors (Lipinski definition) is 7. The molecule has 1 aromatic carbocycles. The van der Waals surface area contributed by atoms with Gasteiger partial charge < -0.3 is 15.0 Å². The van der Waals surface area contributed by atoms with Gasteiger partial charge in [-0.05, 0) is 31.2 Å². The van der Waals surface area contributed by atoms with Crippen LogP contribution >= 0.6 is 11.3 Å². The molecule has 2 aromatic rings. The number of hydrogen-bond donors (Lipinski definition) is 1. The Morgan fingerprint density at radius 2 is 1.93 bits per heavy atom. The summed E-state index contributed by atoms with van der Waals surface area (Å²) in [6, 6.07) is 6.21. The predicted molar refractivity (Wildman–Crippen MR) is 112 cm³/mol. The molecule has 160 valence electrons. The van der Waals surface area contributed by atoms with Crippen LogP contribution in [0.5, 0.6) is 0 Å². The van der Waals surface area contributed by atoms with E-state index < -0.39 is 15.9 Å². The molecule has 0 unspecified atom stereocenters. The van der Waals surface area contributed by atoms with Crippen molar-refractivity contribution in [1.29, 1.82) is 0 Å². The summed E-state index contributed by atoms with van der Waals surface area (Å²) in [7, 11) is -3.59. The van der Waals surface area contributed by atoms with E-state index in [2.05, 4.69) is 10.3 Å². The molecule has 0 spiro atoms. The van der Waals surface area contributed by atoms with Crippen LogP contribution in [0, 0.1) is 12.8 Å². The number of carbonyl (C=O) groups is 2. The van der Waals surface area contributed by atoms with Gasteiger partial charge in [0, 0.05) is 42.8 Å². The number of ether oxygens (including phenoxy) is 1. The number of nitrogens with zero attached hydrogens (tertiary/aromatic N) is 3. The number of benzene rings is 1. The minimum absolute atomic E-state index is 0.101. The third kappa shape index (κ3) is 4.24. The molecule has 2 amide bonds. The molecular weight excluding hydrogens is 428 g/mol. The van der Waals surface area contributed by atoms with E-state index in [4.69, 9.17) is 4.74 Å². The number of rotatable bonds is 5. The van der Waals surface area contributed by atoms with Crippen molar-refractivity contribution in [2.75, 3.05) is 43.1 Å². The fourth-order valence-corrected chi connectivity index (χ4v) is 5.56. The Bertz CT molecular complexity index is 1050. The highest BCUT2D eigenvalue weighted by atomic mass is 32.2. The number of aromatic nitrogens is 1. The molecule has 11 heteroatoms. The summed E-state index contributed by atoms with van der Waals surface area (Å²) in [4.78, 5) is 31.7. The van der Waals surface area contributed by atoms with Crippen molar-refractivity contribution in [1.82, 2.24) is 9.29 Å². The highest BCUT2D eigenvalue weighted by molar-refractivity contribution is 7.89. The first-order valence-corrected chi connectivity index (χ1v) is 11.8. The fraction of sp³-hybridized carbons (Fsp3) is 0.421. The highest BCUT2D eigenvalue weighted by Crippen LogP contribution is 2.28. The Labute approximate surface area is 178 Å². The van der Waals surface area contributed by atoms with Gasteiger partial charge in [0.2, 0.25) is 21.8 Å². The van der Waals surface area contributed by atoms with E-state index in [1.54, 1.807) is 18.3 Å². The van der Waals surface area contributed by atoms with E-state index in [0.29, 0.717) is 37.1 Å². The van der Waals surface area contributed by atoms with E-state index >= 15 is 0 Å². The maximum Gasteiger partial charge on any atom is 0.243 e. The Morgan fingerprint density at radius 1 is 1.23 bits per heavy atom. The van der Waals surface area contributed by atoms with Gasteiger partial charge in [0.1, 0.15) is 0 Å². The van der Waals surface area contributed by atoms with Gasteiger partial charge in [-0.2, -0.15) is 4.31 Å². The normalized spacial score (nSPS) is 20.5. The van der Waals surface area contributed by atoms with Crippen LogP contribution in [0.15, 0.2) is 35.4 Å². The van der Waals surface area contributed by atoms with Crippen LogP contribution in [0.3, 0.4) is 0 Å². The Balaban J connectivity index is 1.44. The van der Waals surface area contributed by atoms with Crippen molar-refractivity contribution in [3.8, 4) is 0 Å². The Hall–Kier alpha value is -2.34. The van der Waals surface area contributed by atoms with E-state index in [-0.39, 0.29) is 29.7 Å². The van der Waals surface area contributed by atoms with Crippen molar-refractivity contribution in [3.05, 3.63) is 35.3 Å². The van der Waals surface area contributed by atoms with E-state index in [0.717, 1.165) is 4.88 Å². The van der Waals surface area contributed by atoms with Crippen LogP contribution in [-0.4, -0.2) is 62.4 Å². The number of thiazole rings is 1. The molecule has 30 heavy (non-hydrogen) atoms. The standard InChI is InChI=1S/C19H22N4O5S2/c1-13-11-20-19(29-13)21-18(25)14-10-17(24)23(12-14)15-2-4-16(5-3-15)30(26,27)22-6-8-28-9-7-22/h2-5,11,14H,6-10,12H2,1H3,(H,20,21,25)/t14-/m0/s1. The smallest absolute Gasteiger partial charge is 0.243 e. The quantitative estimate of drug-likeness (QED) is 0.739. The summed E-state index contributed by atoms with van der Waals surface area (Å²) in [6.45, 7) is 3.54. The minimum Gasteiger partial charge on any atom is -0.379 e. The zero-order valence-corrected chi connectivity index (χ0v) is 18.0. The van der Waals surface area contributed by atoms with Gasteiger partial charge in [-0.3, -0.25) is 9.59 Å². The lowest BCUT2D eigenvalue weighted by Crippen LogP contribution is -2.40. The second-order valence-electron chi connectivity index (χ2n) is 7.18. The molecule has 9 nitrogen and oxygen atoms in total. The molecule has 0 saturated carbocycles. The van der Waals surface area contributed by atoms with Crippen molar-refractivity contribution in [3.63, 3.8) is 0 Å². The van der Waals surface area contributed by atoms with Gasteiger partial charge >= 0.3 is 0 Å².